The number of hydrogen-bond donors (Lipinski definition) is 0. The van der Waals surface area contributed by atoms with Crippen LogP contribution < -0.4 is 4.31 Å². The molecule has 3 rings (SSSR count). The Kier molecular flexibility index (Phi) is 5.43. The maximum atomic E-state index is 12.5. The van der Waals surface area contributed by atoms with E-state index in [0.29, 0.717) is 24.3 Å². The van der Waals surface area contributed by atoms with Crippen LogP contribution in [0.2, 0.25) is 0 Å². The van der Waals surface area contributed by atoms with E-state index in [0.717, 1.165) is 24.7 Å². The highest BCUT2D eigenvalue weighted by molar-refractivity contribution is 7.92. The summed E-state index contributed by atoms with van der Waals surface area (Å²) in [6, 6.07) is 9.13. The van der Waals surface area contributed by atoms with Crippen LogP contribution in [-0.2, 0) is 14.8 Å². The highest BCUT2D eigenvalue weighted by atomic mass is 32.2. The third-order valence-corrected chi connectivity index (χ3v) is 5.85. The molecule has 7 nitrogen and oxygen atoms in total. The number of rotatable bonds is 5. The molecule has 26 heavy (non-hydrogen) atoms. The second-order valence-electron chi connectivity index (χ2n) is 6.62. The second-order valence-corrected chi connectivity index (χ2v) is 8.53. The number of anilines is 1. The average Bonchev–Trinajstić information content (AvgIpc) is 2.61. The minimum Gasteiger partial charge on any atom is -0.340 e. The van der Waals surface area contributed by atoms with Crippen molar-refractivity contribution >= 4 is 32.5 Å². The molecule has 1 amide bonds. The minimum atomic E-state index is -3.53. The Morgan fingerprint density at radius 3 is 2.54 bits per heavy atom. The number of likely N-dealkylation sites (N-methyl/N-ethyl adjacent to an activating group) is 1. The zero-order chi connectivity index (χ0) is 18.7. The van der Waals surface area contributed by atoms with E-state index in [9.17, 15) is 13.2 Å². The summed E-state index contributed by atoms with van der Waals surface area (Å²) >= 11 is 0. The SMILES string of the molecule is CN1CCN(C(=O)CCN(c2cccc3cccnc23)S(C)(=O)=O)CC1. The van der Waals surface area contributed by atoms with Crippen LogP contribution in [0.15, 0.2) is 36.5 Å². The van der Waals surface area contributed by atoms with Gasteiger partial charge in [-0.25, -0.2) is 8.42 Å². The largest absolute Gasteiger partial charge is 0.340 e. The highest BCUT2D eigenvalue weighted by Gasteiger charge is 2.24. The summed E-state index contributed by atoms with van der Waals surface area (Å²) in [5, 5.41) is 0.865. The Labute approximate surface area is 154 Å². The van der Waals surface area contributed by atoms with Gasteiger partial charge in [0.25, 0.3) is 0 Å². The molecule has 2 heterocycles. The highest BCUT2D eigenvalue weighted by Crippen LogP contribution is 2.26. The first-order chi connectivity index (χ1) is 12.4. The molecule has 2 aromatic rings. The molecule has 0 spiro atoms. The van der Waals surface area contributed by atoms with Gasteiger partial charge in [0.1, 0.15) is 0 Å². The molecule has 1 aliphatic heterocycles. The lowest BCUT2D eigenvalue weighted by Gasteiger charge is -2.33. The topological polar surface area (TPSA) is 73.8 Å². The summed E-state index contributed by atoms with van der Waals surface area (Å²) in [7, 11) is -1.50. The molecular weight excluding hydrogens is 352 g/mol. The number of amides is 1. The third-order valence-electron chi connectivity index (χ3n) is 4.67. The van der Waals surface area contributed by atoms with E-state index in [1.165, 1.54) is 4.31 Å². The molecule has 0 atom stereocenters. The third kappa shape index (κ3) is 4.13. The molecule has 1 aromatic heterocycles. The van der Waals surface area contributed by atoms with Gasteiger partial charge in [-0.3, -0.25) is 14.1 Å². The summed E-state index contributed by atoms with van der Waals surface area (Å²) in [6.45, 7) is 3.16. The van der Waals surface area contributed by atoms with Gasteiger partial charge in [-0.1, -0.05) is 18.2 Å². The number of hydrogen-bond acceptors (Lipinski definition) is 5. The van der Waals surface area contributed by atoms with Crippen molar-refractivity contribution in [1.29, 1.82) is 0 Å². The lowest BCUT2D eigenvalue weighted by Crippen LogP contribution is -2.48. The van der Waals surface area contributed by atoms with Gasteiger partial charge in [0.2, 0.25) is 15.9 Å². The first kappa shape index (κ1) is 18.6. The average molecular weight is 376 g/mol. The predicted octanol–water partition coefficient (Wildman–Crippen LogP) is 1.16. The van der Waals surface area contributed by atoms with Crippen molar-refractivity contribution in [2.45, 2.75) is 6.42 Å². The molecule has 0 saturated carbocycles. The van der Waals surface area contributed by atoms with Gasteiger partial charge in [0, 0.05) is 50.7 Å². The van der Waals surface area contributed by atoms with Crippen LogP contribution in [0.25, 0.3) is 10.9 Å². The minimum absolute atomic E-state index is 0.0139. The maximum Gasteiger partial charge on any atom is 0.232 e. The smallest absolute Gasteiger partial charge is 0.232 e. The summed E-state index contributed by atoms with van der Waals surface area (Å²) in [6.07, 6.45) is 2.96. The Balaban J connectivity index is 1.80. The van der Waals surface area contributed by atoms with Gasteiger partial charge >= 0.3 is 0 Å². The molecule has 140 valence electrons. The van der Waals surface area contributed by atoms with Gasteiger partial charge in [-0.15, -0.1) is 0 Å². The number of sulfonamides is 1. The van der Waals surface area contributed by atoms with Crippen LogP contribution in [0.1, 0.15) is 6.42 Å². The van der Waals surface area contributed by atoms with Crippen LogP contribution in [0.5, 0.6) is 0 Å². The quantitative estimate of drug-likeness (QED) is 0.783. The van der Waals surface area contributed by atoms with Crippen molar-refractivity contribution in [2.24, 2.45) is 0 Å². The lowest BCUT2D eigenvalue weighted by molar-refractivity contribution is -0.132. The van der Waals surface area contributed by atoms with Crippen LogP contribution in [0.4, 0.5) is 5.69 Å². The van der Waals surface area contributed by atoms with E-state index in [4.69, 9.17) is 0 Å². The number of carbonyl (C=O) groups is 1. The van der Waals surface area contributed by atoms with Crippen molar-refractivity contribution in [3.8, 4) is 0 Å². The molecule has 0 bridgehead atoms. The molecular formula is C18H24N4O3S. The summed E-state index contributed by atoms with van der Waals surface area (Å²) < 4.78 is 26.0. The van der Waals surface area contributed by atoms with Gasteiger partial charge in [0.05, 0.1) is 17.5 Å². The lowest BCUT2D eigenvalue weighted by atomic mass is 10.2. The van der Waals surface area contributed by atoms with Gasteiger partial charge in [0.15, 0.2) is 0 Å². The maximum absolute atomic E-state index is 12.5. The van der Waals surface area contributed by atoms with E-state index in [1.807, 2.05) is 30.1 Å². The summed E-state index contributed by atoms with van der Waals surface area (Å²) in [5.41, 5.74) is 1.13. The van der Waals surface area contributed by atoms with Crippen LogP contribution in [0, 0.1) is 0 Å². The fourth-order valence-electron chi connectivity index (χ4n) is 3.17. The number of para-hydroxylation sites is 1. The van der Waals surface area contributed by atoms with E-state index in [1.54, 1.807) is 18.3 Å². The predicted molar refractivity (Wildman–Crippen MR) is 103 cm³/mol. The Hall–Kier alpha value is -2.19. The first-order valence-electron chi connectivity index (χ1n) is 8.64. The number of carbonyl (C=O) groups excluding carboxylic acids is 1. The number of piperazine rings is 1. The Morgan fingerprint density at radius 2 is 1.85 bits per heavy atom. The standard InChI is InChI=1S/C18H24N4O3S/c1-20-11-13-21(14-12-20)17(23)8-10-22(26(2,24)25)16-7-3-5-15-6-4-9-19-18(15)16/h3-7,9H,8,10-14H2,1-2H3. The zero-order valence-corrected chi connectivity index (χ0v) is 15.9. The second kappa shape index (κ2) is 7.59. The number of benzene rings is 1. The fourth-order valence-corrected chi connectivity index (χ4v) is 4.09. The fraction of sp³-hybridized carbons (Fsp3) is 0.444. The van der Waals surface area contributed by atoms with E-state index in [-0.39, 0.29) is 18.9 Å². The van der Waals surface area contributed by atoms with Crippen molar-refractivity contribution in [3.63, 3.8) is 0 Å². The van der Waals surface area contributed by atoms with Crippen LogP contribution in [-0.4, -0.2) is 75.1 Å². The number of nitrogens with zero attached hydrogens (tertiary/aromatic N) is 4. The zero-order valence-electron chi connectivity index (χ0n) is 15.1. The molecule has 1 aliphatic rings. The molecule has 1 aromatic carbocycles. The van der Waals surface area contributed by atoms with Crippen LogP contribution in [0.3, 0.4) is 0 Å². The van der Waals surface area contributed by atoms with Crippen molar-refractivity contribution < 1.29 is 13.2 Å². The molecule has 1 fully saturated rings. The van der Waals surface area contributed by atoms with Crippen molar-refractivity contribution in [1.82, 2.24) is 14.8 Å². The summed E-state index contributed by atoms with van der Waals surface area (Å²) in [4.78, 5) is 20.8. The van der Waals surface area contributed by atoms with E-state index in [2.05, 4.69) is 9.88 Å². The normalized spacial score (nSPS) is 16.0. The number of pyridine rings is 1. The van der Waals surface area contributed by atoms with Gasteiger partial charge in [-0.05, 0) is 19.2 Å². The molecule has 0 radical (unpaired) electrons. The molecule has 0 N–H and O–H groups in total. The van der Waals surface area contributed by atoms with Gasteiger partial charge in [-0.2, -0.15) is 0 Å². The van der Waals surface area contributed by atoms with Gasteiger partial charge < -0.3 is 9.80 Å². The molecule has 1 saturated heterocycles. The Bertz CT molecular complexity index is 887. The van der Waals surface area contributed by atoms with Crippen molar-refractivity contribution in [3.05, 3.63) is 36.5 Å². The Morgan fingerprint density at radius 1 is 1.15 bits per heavy atom. The molecule has 0 aliphatic carbocycles. The molecule has 8 heteroatoms. The monoisotopic (exact) mass is 376 g/mol. The summed E-state index contributed by atoms with van der Waals surface area (Å²) in [5.74, 6) is -0.0139. The number of fused-ring (bicyclic) bond motifs is 1. The molecule has 0 unspecified atom stereocenters. The van der Waals surface area contributed by atoms with E-state index < -0.39 is 10.0 Å². The number of aromatic nitrogens is 1. The van der Waals surface area contributed by atoms with Crippen molar-refractivity contribution in [2.75, 3.05) is 50.3 Å². The van der Waals surface area contributed by atoms with Crippen LogP contribution >= 0.6 is 0 Å². The first-order valence-corrected chi connectivity index (χ1v) is 10.5. The van der Waals surface area contributed by atoms with E-state index >= 15 is 0 Å².